The summed E-state index contributed by atoms with van der Waals surface area (Å²) in [5.74, 6) is 0.431. The molecule has 0 unspecified atom stereocenters. The highest BCUT2D eigenvalue weighted by molar-refractivity contribution is 8.00. The van der Waals surface area contributed by atoms with Gasteiger partial charge in [0.25, 0.3) is 0 Å². The van der Waals surface area contributed by atoms with Crippen LogP contribution in [-0.4, -0.2) is 60.9 Å². The molecular weight excluding hydrogens is 450 g/mol. The number of amides is 1. The van der Waals surface area contributed by atoms with E-state index in [2.05, 4.69) is 30.9 Å². The predicted molar refractivity (Wildman–Crippen MR) is 131 cm³/mol. The zero-order valence-electron chi connectivity index (χ0n) is 17.8. The quantitative estimate of drug-likeness (QED) is 0.449. The first-order valence-corrected chi connectivity index (χ1v) is 12.5. The van der Waals surface area contributed by atoms with Gasteiger partial charge in [-0.2, -0.15) is 0 Å². The maximum atomic E-state index is 13.3. The van der Waals surface area contributed by atoms with Crippen molar-refractivity contribution in [3.05, 3.63) is 52.5 Å². The smallest absolute Gasteiger partial charge is 0.239 e. The van der Waals surface area contributed by atoms with E-state index in [1.54, 1.807) is 11.3 Å². The molecule has 3 aromatic rings. The number of thioether (sulfide) groups is 1. The number of nitrogens with zero attached hydrogens (tertiary/aromatic N) is 3. The molecule has 1 saturated heterocycles. The van der Waals surface area contributed by atoms with Crippen molar-refractivity contribution >= 4 is 56.0 Å². The van der Waals surface area contributed by atoms with Crippen LogP contribution in [0.5, 0.6) is 0 Å². The topological polar surface area (TPSA) is 45.7 Å². The number of morpholine rings is 1. The molecule has 0 spiro atoms. The number of aryl methyl sites for hydroxylation is 2. The Kier molecular flexibility index (Phi) is 7.51. The van der Waals surface area contributed by atoms with Crippen LogP contribution in [0.1, 0.15) is 11.1 Å². The Hall–Kier alpha value is -1.64. The Bertz CT molecular complexity index is 1050. The number of thiazole rings is 1. The minimum atomic E-state index is 0.0710. The van der Waals surface area contributed by atoms with Crippen molar-refractivity contribution in [2.75, 3.05) is 50.0 Å². The molecule has 8 heteroatoms. The number of halogens is 1. The number of carbonyl (C=O) groups is 1. The third kappa shape index (κ3) is 5.79. The zero-order valence-corrected chi connectivity index (χ0v) is 20.2. The number of rotatable bonds is 7. The summed E-state index contributed by atoms with van der Waals surface area (Å²) in [4.78, 5) is 23.4. The van der Waals surface area contributed by atoms with E-state index >= 15 is 0 Å². The van der Waals surface area contributed by atoms with Crippen LogP contribution in [0.4, 0.5) is 5.13 Å². The van der Waals surface area contributed by atoms with Gasteiger partial charge in [-0.25, -0.2) is 4.98 Å². The van der Waals surface area contributed by atoms with E-state index < -0.39 is 0 Å². The van der Waals surface area contributed by atoms with Crippen molar-refractivity contribution in [3.8, 4) is 0 Å². The van der Waals surface area contributed by atoms with Gasteiger partial charge in [0.1, 0.15) is 0 Å². The first-order valence-electron chi connectivity index (χ1n) is 10.4. The van der Waals surface area contributed by atoms with Crippen molar-refractivity contribution in [2.45, 2.75) is 18.7 Å². The zero-order chi connectivity index (χ0) is 21.8. The molecule has 1 aliphatic heterocycles. The fraction of sp³-hybridized carbons (Fsp3) is 0.391. The third-order valence-corrected chi connectivity index (χ3v) is 7.54. The van der Waals surface area contributed by atoms with Gasteiger partial charge in [-0.15, -0.1) is 11.8 Å². The van der Waals surface area contributed by atoms with Gasteiger partial charge >= 0.3 is 0 Å². The number of benzene rings is 2. The number of ether oxygens (including phenoxy) is 1. The summed E-state index contributed by atoms with van der Waals surface area (Å²) in [5, 5.41) is 1.47. The maximum Gasteiger partial charge on any atom is 0.239 e. The molecular formula is C23H26ClN3O2S2. The molecule has 0 atom stereocenters. The molecule has 1 amide bonds. The molecule has 0 saturated carbocycles. The highest BCUT2D eigenvalue weighted by Crippen LogP contribution is 2.32. The van der Waals surface area contributed by atoms with Crippen LogP contribution in [-0.2, 0) is 9.53 Å². The predicted octanol–water partition coefficient (Wildman–Crippen LogP) is 5.02. The van der Waals surface area contributed by atoms with Crippen LogP contribution in [0, 0.1) is 13.8 Å². The lowest BCUT2D eigenvalue weighted by atomic mass is 10.1. The molecule has 1 fully saturated rings. The minimum Gasteiger partial charge on any atom is -0.379 e. The summed E-state index contributed by atoms with van der Waals surface area (Å²) in [5.41, 5.74) is 3.35. The SMILES string of the molecule is Cc1cc(C)c2nc(N(CCN3CCOCC3)C(=O)CSc3ccc(Cl)cc3)sc2c1. The van der Waals surface area contributed by atoms with Crippen molar-refractivity contribution in [1.29, 1.82) is 0 Å². The van der Waals surface area contributed by atoms with Gasteiger partial charge in [0.2, 0.25) is 5.91 Å². The Balaban J connectivity index is 1.53. The van der Waals surface area contributed by atoms with Crippen molar-refractivity contribution in [2.24, 2.45) is 0 Å². The fourth-order valence-electron chi connectivity index (χ4n) is 3.62. The Morgan fingerprint density at radius 1 is 1.23 bits per heavy atom. The Morgan fingerprint density at radius 2 is 1.97 bits per heavy atom. The minimum absolute atomic E-state index is 0.0710. The van der Waals surface area contributed by atoms with E-state index in [4.69, 9.17) is 21.3 Å². The largest absolute Gasteiger partial charge is 0.379 e. The van der Waals surface area contributed by atoms with Gasteiger partial charge < -0.3 is 4.74 Å². The second-order valence-electron chi connectivity index (χ2n) is 7.67. The summed E-state index contributed by atoms with van der Waals surface area (Å²) in [7, 11) is 0. The van der Waals surface area contributed by atoms with Crippen LogP contribution in [0.2, 0.25) is 5.02 Å². The number of hydrogen-bond acceptors (Lipinski definition) is 6. The summed E-state index contributed by atoms with van der Waals surface area (Å²) < 4.78 is 6.58. The standard InChI is InChI=1S/C23H26ClN3O2S2/c1-16-13-17(2)22-20(14-16)31-23(25-22)27(8-7-26-9-11-29-12-10-26)21(28)15-30-19-5-3-18(24)4-6-19/h3-6,13-14H,7-12,15H2,1-2H3. The van der Waals surface area contributed by atoms with Gasteiger partial charge in [-0.3, -0.25) is 14.6 Å². The lowest BCUT2D eigenvalue weighted by molar-refractivity contribution is -0.116. The fourth-order valence-corrected chi connectivity index (χ4v) is 5.71. The van der Waals surface area contributed by atoms with E-state index in [0.717, 1.165) is 58.7 Å². The van der Waals surface area contributed by atoms with Gasteiger partial charge in [-0.1, -0.05) is 29.0 Å². The molecule has 0 N–H and O–H groups in total. The second-order valence-corrected chi connectivity index (χ2v) is 10.2. The van der Waals surface area contributed by atoms with Gasteiger partial charge in [0.05, 0.1) is 29.2 Å². The average molecular weight is 476 g/mol. The molecule has 31 heavy (non-hydrogen) atoms. The monoisotopic (exact) mass is 475 g/mol. The van der Waals surface area contributed by atoms with E-state index in [0.29, 0.717) is 17.3 Å². The number of carbonyl (C=O) groups excluding carboxylic acids is 1. The van der Waals surface area contributed by atoms with Gasteiger partial charge in [0.15, 0.2) is 5.13 Å². The molecule has 164 valence electrons. The maximum absolute atomic E-state index is 13.3. The second kappa shape index (κ2) is 10.3. The van der Waals surface area contributed by atoms with Crippen molar-refractivity contribution in [1.82, 2.24) is 9.88 Å². The van der Waals surface area contributed by atoms with Gasteiger partial charge in [-0.05, 0) is 55.3 Å². The van der Waals surface area contributed by atoms with Crippen LogP contribution in [0.15, 0.2) is 41.3 Å². The van der Waals surface area contributed by atoms with Gasteiger partial charge in [0, 0.05) is 36.1 Å². The summed E-state index contributed by atoms with van der Waals surface area (Å²) in [6, 6.07) is 11.9. The van der Waals surface area contributed by atoms with E-state index in [-0.39, 0.29) is 5.91 Å². The Morgan fingerprint density at radius 3 is 2.71 bits per heavy atom. The lowest BCUT2D eigenvalue weighted by Gasteiger charge is -2.29. The van der Waals surface area contributed by atoms with E-state index in [1.165, 1.54) is 17.3 Å². The van der Waals surface area contributed by atoms with Crippen LogP contribution < -0.4 is 4.90 Å². The van der Waals surface area contributed by atoms with Crippen LogP contribution >= 0.6 is 34.7 Å². The number of fused-ring (bicyclic) bond motifs is 1. The summed E-state index contributed by atoms with van der Waals surface area (Å²) >= 11 is 9.10. The molecule has 2 aromatic carbocycles. The average Bonchev–Trinajstić information content (AvgIpc) is 3.18. The lowest BCUT2D eigenvalue weighted by Crippen LogP contribution is -2.43. The van der Waals surface area contributed by atoms with Crippen molar-refractivity contribution < 1.29 is 9.53 Å². The first kappa shape index (κ1) is 22.6. The molecule has 1 aliphatic rings. The van der Waals surface area contributed by atoms with Crippen LogP contribution in [0.3, 0.4) is 0 Å². The molecule has 2 heterocycles. The van der Waals surface area contributed by atoms with E-state index in [9.17, 15) is 4.79 Å². The first-order chi connectivity index (χ1) is 15.0. The van der Waals surface area contributed by atoms with Crippen molar-refractivity contribution in [3.63, 3.8) is 0 Å². The number of hydrogen-bond donors (Lipinski definition) is 0. The molecule has 0 bridgehead atoms. The molecule has 5 nitrogen and oxygen atoms in total. The molecule has 0 aliphatic carbocycles. The highest BCUT2D eigenvalue weighted by Gasteiger charge is 2.22. The number of aromatic nitrogens is 1. The third-order valence-electron chi connectivity index (χ3n) is 5.27. The molecule has 4 rings (SSSR count). The summed E-state index contributed by atoms with van der Waals surface area (Å²) in [6.45, 7) is 8.91. The van der Waals surface area contributed by atoms with E-state index in [1.807, 2.05) is 29.2 Å². The molecule has 0 radical (unpaired) electrons. The summed E-state index contributed by atoms with van der Waals surface area (Å²) in [6.07, 6.45) is 0. The highest BCUT2D eigenvalue weighted by atomic mass is 35.5. The Labute approximate surface area is 196 Å². The van der Waals surface area contributed by atoms with Crippen LogP contribution in [0.25, 0.3) is 10.2 Å². The molecule has 1 aromatic heterocycles. The number of anilines is 1. The normalized spacial score (nSPS) is 14.8.